The third-order valence-electron chi connectivity index (χ3n) is 2.73. The van der Waals surface area contributed by atoms with Gasteiger partial charge in [0.1, 0.15) is 0 Å². The Balaban J connectivity index is 2.13. The van der Waals surface area contributed by atoms with Crippen LogP contribution < -0.4 is 11.1 Å². The van der Waals surface area contributed by atoms with E-state index < -0.39 is 11.6 Å². The molecule has 1 heterocycles. The van der Waals surface area contributed by atoms with E-state index in [2.05, 4.69) is 10.2 Å². The molecule has 1 saturated heterocycles. The van der Waals surface area contributed by atoms with Crippen molar-refractivity contribution < 1.29 is 8.78 Å². The number of nitrogens with two attached hydrogens (primary N) is 1. The summed E-state index contributed by atoms with van der Waals surface area (Å²) in [5.41, 5.74) is 6.10. The monoisotopic (exact) mass is 227 g/mol. The van der Waals surface area contributed by atoms with Crippen LogP contribution in [-0.4, -0.2) is 31.1 Å². The van der Waals surface area contributed by atoms with Crippen LogP contribution >= 0.6 is 0 Å². The second-order valence-electron chi connectivity index (χ2n) is 4.00. The summed E-state index contributed by atoms with van der Waals surface area (Å²) in [6.07, 6.45) is 0. The summed E-state index contributed by atoms with van der Waals surface area (Å²) in [5.74, 6) is -1.65. The zero-order valence-electron chi connectivity index (χ0n) is 8.97. The molecule has 3 N–H and O–H groups in total. The van der Waals surface area contributed by atoms with Gasteiger partial charge in [0.2, 0.25) is 0 Å². The van der Waals surface area contributed by atoms with E-state index in [-0.39, 0.29) is 5.69 Å². The van der Waals surface area contributed by atoms with Gasteiger partial charge in [-0.25, -0.2) is 8.78 Å². The standard InChI is InChI=1S/C11H15F2N3/c12-10-6-9(14)5-8(11(10)13)7-16-3-1-15-2-4-16/h5-6,15H,1-4,7,14H2. The number of nitrogens with one attached hydrogen (secondary N) is 1. The Kier molecular flexibility index (Phi) is 3.36. The Labute approximate surface area is 93.2 Å². The summed E-state index contributed by atoms with van der Waals surface area (Å²) in [4.78, 5) is 2.08. The lowest BCUT2D eigenvalue weighted by molar-refractivity contribution is 0.229. The van der Waals surface area contributed by atoms with Crippen molar-refractivity contribution in [2.75, 3.05) is 31.9 Å². The predicted molar refractivity (Wildman–Crippen MR) is 58.9 cm³/mol. The Morgan fingerprint density at radius 2 is 1.94 bits per heavy atom. The average molecular weight is 227 g/mol. The quantitative estimate of drug-likeness (QED) is 0.739. The first-order valence-corrected chi connectivity index (χ1v) is 5.33. The number of halogens is 2. The smallest absolute Gasteiger partial charge is 0.163 e. The zero-order chi connectivity index (χ0) is 11.5. The molecule has 16 heavy (non-hydrogen) atoms. The fourth-order valence-corrected chi connectivity index (χ4v) is 1.89. The first kappa shape index (κ1) is 11.3. The molecule has 3 nitrogen and oxygen atoms in total. The topological polar surface area (TPSA) is 41.3 Å². The fraction of sp³-hybridized carbons (Fsp3) is 0.455. The average Bonchev–Trinajstić information content (AvgIpc) is 2.27. The maximum absolute atomic E-state index is 13.5. The van der Waals surface area contributed by atoms with Gasteiger partial charge in [-0.15, -0.1) is 0 Å². The van der Waals surface area contributed by atoms with Crippen molar-refractivity contribution in [3.8, 4) is 0 Å². The Morgan fingerprint density at radius 1 is 1.25 bits per heavy atom. The minimum absolute atomic E-state index is 0.268. The molecule has 0 atom stereocenters. The number of nitrogen functional groups attached to an aromatic ring is 1. The molecule has 1 aliphatic rings. The SMILES string of the molecule is Nc1cc(F)c(F)c(CN2CCNCC2)c1. The fourth-order valence-electron chi connectivity index (χ4n) is 1.89. The maximum Gasteiger partial charge on any atom is 0.163 e. The summed E-state index contributed by atoms with van der Waals surface area (Å²) in [5, 5.41) is 3.20. The second-order valence-corrected chi connectivity index (χ2v) is 4.00. The molecular formula is C11H15F2N3. The molecule has 0 spiro atoms. The molecule has 2 rings (SSSR count). The van der Waals surface area contributed by atoms with Gasteiger partial charge in [0.05, 0.1) is 0 Å². The lowest BCUT2D eigenvalue weighted by Crippen LogP contribution is -2.43. The summed E-state index contributed by atoms with van der Waals surface area (Å²) >= 11 is 0. The van der Waals surface area contributed by atoms with Crippen molar-refractivity contribution in [1.29, 1.82) is 0 Å². The van der Waals surface area contributed by atoms with Gasteiger partial charge in [0.15, 0.2) is 11.6 Å². The van der Waals surface area contributed by atoms with Crippen LogP contribution in [0.15, 0.2) is 12.1 Å². The molecule has 0 aliphatic carbocycles. The third kappa shape index (κ3) is 2.48. The minimum Gasteiger partial charge on any atom is -0.399 e. The van der Waals surface area contributed by atoms with Crippen molar-refractivity contribution in [2.45, 2.75) is 6.54 Å². The van der Waals surface area contributed by atoms with Crippen LogP contribution in [0.1, 0.15) is 5.56 Å². The number of hydrogen-bond acceptors (Lipinski definition) is 3. The molecule has 1 aromatic carbocycles. The van der Waals surface area contributed by atoms with Crippen LogP contribution in [0.4, 0.5) is 14.5 Å². The van der Waals surface area contributed by atoms with Crippen LogP contribution in [0.3, 0.4) is 0 Å². The molecule has 0 radical (unpaired) electrons. The van der Waals surface area contributed by atoms with Crippen LogP contribution in [0.25, 0.3) is 0 Å². The highest BCUT2D eigenvalue weighted by Crippen LogP contribution is 2.18. The van der Waals surface area contributed by atoms with Crippen LogP contribution in [-0.2, 0) is 6.54 Å². The van der Waals surface area contributed by atoms with Crippen molar-refractivity contribution >= 4 is 5.69 Å². The van der Waals surface area contributed by atoms with Crippen molar-refractivity contribution in [1.82, 2.24) is 10.2 Å². The Hall–Kier alpha value is -1.20. The van der Waals surface area contributed by atoms with E-state index in [0.29, 0.717) is 12.1 Å². The van der Waals surface area contributed by atoms with E-state index in [1.807, 2.05) is 0 Å². The molecule has 88 valence electrons. The van der Waals surface area contributed by atoms with Gasteiger partial charge in [0.25, 0.3) is 0 Å². The van der Waals surface area contributed by atoms with Crippen molar-refractivity contribution in [3.63, 3.8) is 0 Å². The number of nitrogens with zero attached hydrogens (tertiary/aromatic N) is 1. The van der Waals surface area contributed by atoms with Crippen molar-refractivity contribution in [2.24, 2.45) is 0 Å². The van der Waals surface area contributed by atoms with E-state index in [4.69, 9.17) is 5.73 Å². The molecule has 0 unspecified atom stereocenters. The van der Waals surface area contributed by atoms with E-state index >= 15 is 0 Å². The highest BCUT2D eigenvalue weighted by molar-refractivity contribution is 5.42. The van der Waals surface area contributed by atoms with Gasteiger partial charge >= 0.3 is 0 Å². The first-order valence-electron chi connectivity index (χ1n) is 5.33. The summed E-state index contributed by atoms with van der Waals surface area (Å²) in [6.45, 7) is 3.86. The molecule has 1 aromatic rings. The summed E-state index contributed by atoms with van der Waals surface area (Å²) < 4.78 is 26.6. The van der Waals surface area contributed by atoms with E-state index in [9.17, 15) is 8.78 Å². The van der Waals surface area contributed by atoms with Crippen LogP contribution in [0.2, 0.25) is 0 Å². The highest BCUT2D eigenvalue weighted by Gasteiger charge is 2.15. The van der Waals surface area contributed by atoms with Crippen LogP contribution in [0.5, 0.6) is 0 Å². The maximum atomic E-state index is 13.5. The van der Waals surface area contributed by atoms with Gasteiger partial charge < -0.3 is 11.1 Å². The third-order valence-corrected chi connectivity index (χ3v) is 2.73. The zero-order valence-corrected chi connectivity index (χ0v) is 8.97. The minimum atomic E-state index is -0.870. The number of hydrogen-bond donors (Lipinski definition) is 2. The van der Waals surface area contributed by atoms with E-state index in [1.54, 1.807) is 0 Å². The van der Waals surface area contributed by atoms with E-state index in [0.717, 1.165) is 32.2 Å². The molecule has 0 bridgehead atoms. The van der Waals surface area contributed by atoms with Gasteiger partial charge in [-0.05, 0) is 12.1 Å². The van der Waals surface area contributed by atoms with Gasteiger partial charge in [-0.2, -0.15) is 0 Å². The Morgan fingerprint density at radius 3 is 2.62 bits per heavy atom. The predicted octanol–water partition coefficient (Wildman–Crippen LogP) is 0.952. The highest BCUT2D eigenvalue weighted by atomic mass is 19.2. The lowest BCUT2D eigenvalue weighted by Gasteiger charge is -2.27. The van der Waals surface area contributed by atoms with Gasteiger partial charge in [0, 0.05) is 44.0 Å². The number of rotatable bonds is 2. The number of anilines is 1. The van der Waals surface area contributed by atoms with E-state index in [1.165, 1.54) is 6.07 Å². The van der Waals surface area contributed by atoms with Crippen LogP contribution in [0, 0.1) is 11.6 Å². The lowest BCUT2D eigenvalue weighted by atomic mass is 10.1. The molecule has 1 aliphatic heterocycles. The number of piperazine rings is 1. The number of benzene rings is 1. The van der Waals surface area contributed by atoms with Gasteiger partial charge in [-0.3, -0.25) is 4.90 Å². The summed E-state index contributed by atoms with van der Waals surface area (Å²) in [6, 6.07) is 2.51. The first-order chi connectivity index (χ1) is 7.66. The summed E-state index contributed by atoms with van der Waals surface area (Å²) in [7, 11) is 0. The second kappa shape index (κ2) is 4.76. The largest absolute Gasteiger partial charge is 0.399 e. The van der Waals surface area contributed by atoms with Crippen molar-refractivity contribution in [3.05, 3.63) is 29.3 Å². The molecule has 5 heteroatoms. The molecule has 0 aromatic heterocycles. The normalized spacial score (nSPS) is 17.6. The molecule has 0 amide bonds. The Bertz CT molecular complexity index is 376. The molecular weight excluding hydrogens is 212 g/mol. The molecule has 0 saturated carbocycles. The molecule has 1 fully saturated rings. The van der Waals surface area contributed by atoms with Gasteiger partial charge in [-0.1, -0.05) is 0 Å².